The van der Waals surface area contributed by atoms with Crippen LogP contribution in [0.4, 0.5) is 0 Å². The van der Waals surface area contributed by atoms with E-state index in [1.54, 1.807) is 12.2 Å². The molecule has 0 rings (SSSR count). The van der Waals surface area contributed by atoms with Crippen molar-refractivity contribution in [2.45, 2.75) is 38.3 Å². The lowest BCUT2D eigenvalue weighted by atomic mass is 10.6. The van der Waals surface area contributed by atoms with Crippen molar-refractivity contribution in [2.24, 2.45) is 0 Å². The summed E-state index contributed by atoms with van der Waals surface area (Å²) in [7, 11) is -4.25. The van der Waals surface area contributed by atoms with Crippen LogP contribution in [0.5, 0.6) is 0 Å². The van der Waals surface area contributed by atoms with Crippen LogP contribution < -0.4 is 0 Å². The topological polar surface area (TPSA) is 52.6 Å². The van der Waals surface area contributed by atoms with Crippen molar-refractivity contribution in [3.8, 4) is 11.8 Å². The first-order valence-corrected chi connectivity index (χ1v) is 12.5. The van der Waals surface area contributed by atoms with Gasteiger partial charge in [-0.25, -0.2) is 9.59 Å². The average Bonchev–Trinajstić information content (AvgIpc) is 2.24. The molecule has 0 heterocycles. The highest BCUT2D eigenvalue weighted by molar-refractivity contribution is 6.73. The summed E-state index contributed by atoms with van der Waals surface area (Å²) in [5.41, 5.74) is 0. The molecule has 0 N–H and O–H groups in total. The van der Waals surface area contributed by atoms with Crippen molar-refractivity contribution < 1.29 is 18.4 Å². The van der Waals surface area contributed by atoms with Gasteiger partial charge in [0.05, 0.1) is 0 Å². The number of hydrogen-bond donors (Lipinski definition) is 0. The Labute approximate surface area is 123 Å². The lowest BCUT2D eigenvalue weighted by Crippen LogP contribution is -2.33. The Balaban J connectivity index is 4.51. The minimum atomic E-state index is -2.12. The van der Waals surface area contributed by atoms with Crippen molar-refractivity contribution in [2.75, 3.05) is 0 Å². The molecule has 0 atom stereocenters. The first kappa shape index (κ1) is 18.4. The molecule has 0 aromatic carbocycles. The molecule has 0 amide bonds. The average molecular weight is 310 g/mol. The summed E-state index contributed by atoms with van der Waals surface area (Å²) in [4.78, 5) is 23.0. The molecule has 4 nitrogen and oxygen atoms in total. The summed E-state index contributed by atoms with van der Waals surface area (Å²) in [6, 6.07) is 1.29. The number of carbonyl (C=O) groups is 2. The van der Waals surface area contributed by atoms with Gasteiger partial charge in [-0.3, -0.25) is 0 Å². The van der Waals surface area contributed by atoms with E-state index in [-0.39, 0.29) is 0 Å². The van der Waals surface area contributed by atoms with Crippen molar-refractivity contribution in [3.05, 3.63) is 25.3 Å². The quantitative estimate of drug-likeness (QED) is 0.430. The molecule has 0 aliphatic heterocycles. The van der Waals surface area contributed by atoms with Gasteiger partial charge < -0.3 is 8.85 Å². The largest absolute Gasteiger partial charge is 0.510 e. The standard InChI is InChI=1S/C14H22O4Si2/c1-7-11-19(3,4)17-13(15)9-10-14(16)18-20(5,6)12-8-2/h7-8H,1-2,11-12H2,3-6H3. The van der Waals surface area contributed by atoms with E-state index in [0.29, 0.717) is 12.1 Å². The molecule has 0 aliphatic rings. The van der Waals surface area contributed by atoms with Crippen LogP contribution in [0.25, 0.3) is 0 Å². The minimum Gasteiger partial charge on any atom is -0.510 e. The fourth-order valence-corrected chi connectivity index (χ4v) is 4.10. The Kier molecular flexibility index (Phi) is 7.25. The molecule has 110 valence electrons. The van der Waals surface area contributed by atoms with Crippen LogP contribution in [-0.4, -0.2) is 28.6 Å². The van der Waals surface area contributed by atoms with Gasteiger partial charge in [0, 0.05) is 11.8 Å². The highest BCUT2D eigenvalue weighted by Gasteiger charge is 2.26. The van der Waals surface area contributed by atoms with Crippen LogP contribution in [0.15, 0.2) is 25.3 Å². The molecule has 0 saturated heterocycles. The summed E-state index contributed by atoms with van der Waals surface area (Å²) in [6.07, 6.45) is 3.43. The zero-order chi connectivity index (χ0) is 15.8. The summed E-state index contributed by atoms with van der Waals surface area (Å²) >= 11 is 0. The molecule has 0 aromatic rings. The molecule has 6 heteroatoms. The Hall–Kier alpha value is -1.59. The lowest BCUT2D eigenvalue weighted by Gasteiger charge is -2.19. The Morgan fingerprint density at radius 1 is 0.900 bits per heavy atom. The lowest BCUT2D eigenvalue weighted by molar-refractivity contribution is -0.130. The normalized spacial score (nSPS) is 10.8. The van der Waals surface area contributed by atoms with Crippen LogP contribution >= 0.6 is 0 Å². The molecule has 0 bridgehead atoms. The predicted molar refractivity (Wildman–Crippen MR) is 84.9 cm³/mol. The molecule has 0 fully saturated rings. The highest BCUT2D eigenvalue weighted by Crippen LogP contribution is 2.12. The van der Waals surface area contributed by atoms with E-state index in [1.165, 1.54) is 0 Å². The van der Waals surface area contributed by atoms with Crippen molar-refractivity contribution in [3.63, 3.8) is 0 Å². The number of hydrogen-bond acceptors (Lipinski definition) is 4. The first-order valence-electron chi connectivity index (χ1n) is 6.31. The summed E-state index contributed by atoms with van der Waals surface area (Å²) in [5.74, 6) is 2.96. The smallest absolute Gasteiger partial charge is 0.371 e. The monoisotopic (exact) mass is 310 g/mol. The van der Waals surface area contributed by atoms with Gasteiger partial charge >= 0.3 is 11.9 Å². The molecular formula is C14H22O4Si2. The van der Waals surface area contributed by atoms with Gasteiger partial charge in [-0.1, -0.05) is 12.2 Å². The molecule has 0 radical (unpaired) electrons. The van der Waals surface area contributed by atoms with Crippen molar-refractivity contribution >= 4 is 28.6 Å². The molecule has 0 aromatic heterocycles. The van der Waals surface area contributed by atoms with Gasteiger partial charge in [0.2, 0.25) is 0 Å². The van der Waals surface area contributed by atoms with Gasteiger partial charge in [-0.05, 0) is 38.3 Å². The number of rotatable bonds is 6. The van der Waals surface area contributed by atoms with Gasteiger partial charge in [-0.15, -0.1) is 13.2 Å². The maximum absolute atomic E-state index is 11.5. The van der Waals surface area contributed by atoms with E-state index in [9.17, 15) is 9.59 Å². The Morgan fingerprint density at radius 3 is 1.45 bits per heavy atom. The third-order valence-electron chi connectivity index (χ3n) is 2.28. The van der Waals surface area contributed by atoms with Crippen molar-refractivity contribution in [1.29, 1.82) is 0 Å². The molecule has 0 spiro atoms. The molecule has 0 unspecified atom stereocenters. The molecule has 20 heavy (non-hydrogen) atoms. The second-order valence-corrected chi connectivity index (χ2v) is 13.8. The fraction of sp³-hybridized carbons (Fsp3) is 0.429. The Bertz CT molecular complexity index is 416. The SMILES string of the molecule is C=CC[Si](C)(C)OC(=O)C#CC(=O)O[Si](C)(C)CC=C. The summed E-state index contributed by atoms with van der Waals surface area (Å²) in [5, 5.41) is 0. The number of allylic oxidation sites excluding steroid dienone is 2. The third kappa shape index (κ3) is 8.50. The number of carbonyl (C=O) groups excluding carboxylic acids is 2. The van der Waals surface area contributed by atoms with E-state index in [0.717, 1.165) is 0 Å². The zero-order valence-electron chi connectivity index (χ0n) is 12.6. The molecule has 0 saturated carbocycles. The van der Waals surface area contributed by atoms with Crippen LogP contribution in [0.1, 0.15) is 0 Å². The van der Waals surface area contributed by atoms with Gasteiger partial charge in [0.15, 0.2) is 0 Å². The second kappa shape index (κ2) is 7.87. The van der Waals surface area contributed by atoms with Gasteiger partial charge in [0.25, 0.3) is 16.6 Å². The van der Waals surface area contributed by atoms with E-state index in [1.807, 2.05) is 26.2 Å². The Morgan fingerprint density at radius 2 is 1.20 bits per heavy atom. The van der Waals surface area contributed by atoms with E-state index in [2.05, 4.69) is 25.0 Å². The van der Waals surface area contributed by atoms with Crippen molar-refractivity contribution in [1.82, 2.24) is 0 Å². The molecule has 0 aliphatic carbocycles. The maximum atomic E-state index is 11.5. The minimum absolute atomic E-state index is 0.643. The van der Waals surface area contributed by atoms with Crippen LogP contribution in [-0.2, 0) is 18.4 Å². The van der Waals surface area contributed by atoms with Crippen LogP contribution in [0.3, 0.4) is 0 Å². The maximum Gasteiger partial charge on any atom is 0.371 e. The van der Waals surface area contributed by atoms with E-state index in [4.69, 9.17) is 8.85 Å². The molecular weight excluding hydrogens is 288 g/mol. The van der Waals surface area contributed by atoms with E-state index >= 15 is 0 Å². The third-order valence-corrected chi connectivity index (χ3v) is 6.30. The highest BCUT2D eigenvalue weighted by atomic mass is 28.4. The van der Waals surface area contributed by atoms with Crippen LogP contribution in [0, 0.1) is 11.8 Å². The van der Waals surface area contributed by atoms with Gasteiger partial charge in [0.1, 0.15) is 0 Å². The van der Waals surface area contributed by atoms with Gasteiger partial charge in [-0.2, -0.15) is 0 Å². The zero-order valence-corrected chi connectivity index (χ0v) is 14.6. The second-order valence-electron chi connectivity index (χ2n) is 5.53. The first-order chi connectivity index (χ1) is 9.12. The fourth-order valence-electron chi connectivity index (χ4n) is 1.43. The summed E-state index contributed by atoms with van der Waals surface area (Å²) < 4.78 is 10.5. The summed E-state index contributed by atoms with van der Waals surface area (Å²) in [6.45, 7) is 14.8. The van der Waals surface area contributed by atoms with E-state index < -0.39 is 28.6 Å². The predicted octanol–water partition coefficient (Wildman–Crippen LogP) is 2.86. The van der Waals surface area contributed by atoms with Crippen LogP contribution in [0.2, 0.25) is 38.3 Å².